The van der Waals surface area contributed by atoms with E-state index in [0.717, 1.165) is 15.2 Å². The van der Waals surface area contributed by atoms with Gasteiger partial charge in [-0.15, -0.1) is 0 Å². The van der Waals surface area contributed by atoms with Gasteiger partial charge >= 0.3 is 0 Å². The second-order valence-electron chi connectivity index (χ2n) is 4.21. The predicted molar refractivity (Wildman–Crippen MR) is 79.3 cm³/mol. The molecule has 0 fully saturated rings. The standard InChI is InChI=1S/C14H13F2IN2/c15-11-5-4-9(13(16)8-11)7-14(19-18)10-2-1-3-12(17)6-10/h1-6,8,14,19H,7,18H2. The maximum atomic E-state index is 13.6. The van der Waals surface area contributed by atoms with Crippen molar-refractivity contribution in [1.82, 2.24) is 5.43 Å². The summed E-state index contributed by atoms with van der Waals surface area (Å²) in [6, 6.07) is 11.2. The maximum absolute atomic E-state index is 13.6. The monoisotopic (exact) mass is 374 g/mol. The molecular weight excluding hydrogens is 361 g/mol. The molecule has 2 aromatic rings. The van der Waals surface area contributed by atoms with Crippen LogP contribution in [0.3, 0.4) is 0 Å². The van der Waals surface area contributed by atoms with E-state index in [1.54, 1.807) is 0 Å². The summed E-state index contributed by atoms with van der Waals surface area (Å²) in [6.07, 6.45) is 0.364. The number of benzene rings is 2. The molecule has 0 amide bonds. The van der Waals surface area contributed by atoms with Gasteiger partial charge < -0.3 is 0 Å². The summed E-state index contributed by atoms with van der Waals surface area (Å²) >= 11 is 2.20. The van der Waals surface area contributed by atoms with Crippen LogP contribution in [0.25, 0.3) is 0 Å². The van der Waals surface area contributed by atoms with Gasteiger partial charge in [0.15, 0.2) is 0 Å². The average Bonchev–Trinajstić information content (AvgIpc) is 2.38. The molecule has 2 rings (SSSR count). The minimum Gasteiger partial charge on any atom is -0.271 e. The SMILES string of the molecule is NNC(Cc1ccc(F)cc1F)c1cccc(I)c1. The summed E-state index contributed by atoms with van der Waals surface area (Å²) in [6.45, 7) is 0. The normalized spacial score (nSPS) is 12.4. The second-order valence-corrected chi connectivity index (χ2v) is 5.46. The van der Waals surface area contributed by atoms with Crippen LogP contribution >= 0.6 is 22.6 Å². The van der Waals surface area contributed by atoms with Crippen LogP contribution < -0.4 is 11.3 Å². The van der Waals surface area contributed by atoms with Crippen molar-refractivity contribution >= 4 is 22.6 Å². The number of rotatable bonds is 4. The van der Waals surface area contributed by atoms with Gasteiger partial charge in [-0.1, -0.05) is 18.2 Å². The van der Waals surface area contributed by atoms with E-state index in [0.29, 0.717) is 12.0 Å². The van der Waals surface area contributed by atoms with Crippen molar-refractivity contribution in [3.05, 3.63) is 68.8 Å². The van der Waals surface area contributed by atoms with Crippen LogP contribution in [0, 0.1) is 15.2 Å². The van der Waals surface area contributed by atoms with Gasteiger partial charge in [-0.3, -0.25) is 11.3 Å². The van der Waals surface area contributed by atoms with Crippen molar-refractivity contribution in [1.29, 1.82) is 0 Å². The van der Waals surface area contributed by atoms with E-state index in [2.05, 4.69) is 28.0 Å². The van der Waals surface area contributed by atoms with E-state index in [-0.39, 0.29) is 6.04 Å². The topological polar surface area (TPSA) is 38.0 Å². The highest BCUT2D eigenvalue weighted by Crippen LogP contribution is 2.21. The summed E-state index contributed by atoms with van der Waals surface area (Å²) in [4.78, 5) is 0. The van der Waals surface area contributed by atoms with Crippen LogP contribution in [0.4, 0.5) is 8.78 Å². The van der Waals surface area contributed by atoms with Crippen molar-refractivity contribution in [2.24, 2.45) is 5.84 Å². The number of nitrogens with one attached hydrogen (secondary N) is 1. The Morgan fingerprint density at radius 3 is 2.58 bits per heavy atom. The Labute approximate surface area is 124 Å². The quantitative estimate of drug-likeness (QED) is 0.490. The van der Waals surface area contributed by atoms with E-state index in [4.69, 9.17) is 5.84 Å². The predicted octanol–water partition coefficient (Wildman–Crippen LogP) is 3.32. The molecule has 0 spiro atoms. The summed E-state index contributed by atoms with van der Waals surface area (Å²) in [7, 11) is 0. The van der Waals surface area contributed by atoms with Gasteiger partial charge in [0.05, 0.1) is 6.04 Å². The fourth-order valence-electron chi connectivity index (χ4n) is 1.90. The number of nitrogens with two attached hydrogens (primary N) is 1. The Bertz CT molecular complexity index is 575. The fraction of sp³-hybridized carbons (Fsp3) is 0.143. The zero-order valence-electron chi connectivity index (χ0n) is 10.0. The molecule has 1 unspecified atom stereocenters. The Morgan fingerprint density at radius 1 is 1.16 bits per heavy atom. The lowest BCUT2D eigenvalue weighted by Gasteiger charge is -2.17. The lowest BCUT2D eigenvalue weighted by molar-refractivity contribution is 0.522. The lowest BCUT2D eigenvalue weighted by Crippen LogP contribution is -2.29. The molecule has 0 aliphatic rings. The van der Waals surface area contributed by atoms with Crippen LogP contribution in [-0.4, -0.2) is 0 Å². The molecule has 0 heterocycles. The van der Waals surface area contributed by atoms with Crippen molar-refractivity contribution in [2.45, 2.75) is 12.5 Å². The largest absolute Gasteiger partial charge is 0.271 e. The highest BCUT2D eigenvalue weighted by molar-refractivity contribution is 14.1. The highest BCUT2D eigenvalue weighted by Gasteiger charge is 2.14. The first-order valence-electron chi connectivity index (χ1n) is 5.75. The summed E-state index contributed by atoms with van der Waals surface area (Å²) in [5.74, 6) is 4.41. The van der Waals surface area contributed by atoms with Crippen LogP contribution in [0.15, 0.2) is 42.5 Å². The third kappa shape index (κ3) is 3.71. The van der Waals surface area contributed by atoms with Crippen LogP contribution in [-0.2, 0) is 6.42 Å². The van der Waals surface area contributed by atoms with Crippen molar-refractivity contribution in [3.63, 3.8) is 0 Å². The first kappa shape index (κ1) is 14.4. The molecule has 100 valence electrons. The van der Waals surface area contributed by atoms with E-state index >= 15 is 0 Å². The van der Waals surface area contributed by atoms with Gasteiger partial charge in [0.25, 0.3) is 0 Å². The van der Waals surface area contributed by atoms with E-state index in [1.807, 2.05) is 24.3 Å². The Morgan fingerprint density at radius 2 is 1.95 bits per heavy atom. The third-order valence-corrected chi connectivity index (χ3v) is 3.56. The highest BCUT2D eigenvalue weighted by atomic mass is 127. The van der Waals surface area contributed by atoms with Gasteiger partial charge in [0.2, 0.25) is 0 Å². The molecule has 19 heavy (non-hydrogen) atoms. The minimum absolute atomic E-state index is 0.213. The first-order chi connectivity index (χ1) is 9.10. The van der Waals surface area contributed by atoms with E-state index < -0.39 is 11.6 Å². The molecule has 2 aromatic carbocycles. The molecule has 0 saturated carbocycles. The second kappa shape index (κ2) is 6.40. The summed E-state index contributed by atoms with van der Waals surface area (Å²) in [5.41, 5.74) is 4.08. The van der Waals surface area contributed by atoms with E-state index in [9.17, 15) is 8.78 Å². The molecule has 3 N–H and O–H groups in total. The lowest BCUT2D eigenvalue weighted by atomic mass is 9.99. The zero-order valence-corrected chi connectivity index (χ0v) is 12.2. The van der Waals surface area contributed by atoms with Gasteiger partial charge in [-0.05, 0) is 58.3 Å². The van der Waals surface area contributed by atoms with Gasteiger partial charge in [-0.2, -0.15) is 0 Å². The third-order valence-electron chi connectivity index (χ3n) is 2.89. The maximum Gasteiger partial charge on any atom is 0.129 e. The molecule has 0 saturated heterocycles. The summed E-state index contributed by atoms with van der Waals surface area (Å²) < 4.78 is 27.6. The van der Waals surface area contributed by atoms with Crippen LogP contribution in [0.1, 0.15) is 17.2 Å². The minimum atomic E-state index is -0.576. The smallest absolute Gasteiger partial charge is 0.129 e. The van der Waals surface area contributed by atoms with Crippen molar-refractivity contribution in [2.75, 3.05) is 0 Å². The number of hydrazine groups is 1. The Kier molecular flexibility index (Phi) is 4.84. The van der Waals surface area contributed by atoms with E-state index in [1.165, 1.54) is 12.1 Å². The van der Waals surface area contributed by atoms with Crippen LogP contribution in [0.2, 0.25) is 0 Å². The molecule has 0 bridgehead atoms. The van der Waals surface area contributed by atoms with Gasteiger partial charge in [-0.25, -0.2) is 8.78 Å². The average molecular weight is 374 g/mol. The number of hydrogen-bond acceptors (Lipinski definition) is 2. The summed E-state index contributed by atoms with van der Waals surface area (Å²) in [5, 5.41) is 0. The van der Waals surface area contributed by atoms with Crippen molar-refractivity contribution < 1.29 is 8.78 Å². The molecule has 5 heteroatoms. The molecule has 0 radical (unpaired) electrons. The number of halogens is 3. The van der Waals surface area contributed by atoms with Crippen LogP contribution in [0.5, 0.6) is 0 Å². The Balaban J connectivity index is 2.24. The fourth-order valence-corrected chi connectivity index (χ4v) is 2.47. The first-order valence-corrected chi connectivity index (χ1v) is 6.83. The molecular formula is C14H13F2IN2. The van der Waals surface area contributed by atoms with Gasteiger partial charge in [0.1, 0.15) is 11.6 Å². The number of hydrogen-bond donors (Lipinski definition) is 2. The van der Waals surface area contributed by atoms with Gasteiger partial charge in [0, 0.05) is 9.64 Å². The molecule has 0 aliphatic heterocycles. The Hall–Kier alpha value is -1.05. The molecule has 1 atom stereocenters. The zero-order chi connectivity index (χ0) is 13.8. The van der Waals surface area contributed by atoms with Crippen molar-refractivity contribution in [3.8, 4) is 0 Å². The molecule has 0 aromatic heterocycles. The molecule has 0 aliphatic carbocycles. The molecule has 2 nitrogen and oxygen atoms in total.